The zero-order valence-electron chi connectivity index (χ0n) is 27.3. The lowest BCUT2D eigenvalue weighted by molar-refractivity contribution is -0.143. The van der Waals surface area contributed by atoms with Crippen LogP contribution in [0.15, 0.2) is 36.7 Å². The number of benzene rings is 2. The number of nitrogens with zero attached hydrogens (tertiary/aromatic N) is 3. The summed E-state index contributed by atoms with van der Waals surface area (Å²) in [5.41, 5.74) is 0.754. The number of aromatic nitrogens is 2. The molecule has 12 nitrogen and oxygen atoms in total. The lowest BCUT2D eigenvalue weighted by Crippen LogP contribution is -2.59. The molecule has 15 heteroatoms. The van der Waals surface area contributed by atoms with Gasteiger partial charge in [0.05, 0.1) is 28.9 Å². The summed E-state index contributed by atoms with van der Waals surface area (Å²) >= 11 is 5.97. The molecule has 47 heavy (non-hydrogen) atoms. The van der Waals surface area contributed by atoms with Crippen molar-refractivity contribution in [2.24, 2.45) is 5.41 Å². The van der Waals surface area contributed by atoms with E-state index in [4.69, 9.17) is 21.1 Å². The van der Waals surface area contributed by atoms with E-state index >= 15 is 0 Å². The van der Waals surface area contributed by atoms with Crippen molar-refractivity contribution < 1.29 is 28.2 Å². The molecule has 0 aliphatic carbocycles. The number of amides is 3. The first-order chi connectivity index (χ1) is 21.8. The van der Waals surface area contributed by atoms with Crippen LogP contribution in [0.5, 0.6) is 5.75 Å². The second-order valence-corrected chi connectivity index (χ2v) is 12.6. The van der Waals surface area contributed by atoms with Gasteiger partial charge in [0.15, 0.2) is 0 Å². The summed E-state index contributed by atoms with van der Waals surface area (Å²) < 4.78 is 24.8. The van der Waals surface area contributed by atoms with Crippen LogP contribution >= 0.6 is 24.0 Å². The lowest BCUT2D eigenvalue weighted by atomic mass is 9.85. The van der Waals surface area contributed by atoms with Crippen molar-refractivity contribution in [3.05, 3.63) is 47.5 Å². The predicted molar refractivity (Wildman–Crippen MR) is 182 cm³/mol. The van der Waals surface area contributed by atoms with Crippen LogP contribution in [0.2, 0.25) is 5.02 Å². The number of ether oxygens (including phenoxy) is 2. The predicted octanol–water partition coefficient (Wildman–Crippen LogP) is 4.68. The molecule has 4 rings (SSSR count). The van der Waals surface area contributed by atoms with E-state index in [9.17, 15) is 18.8 Å². The summed E-state index contributed by atoms with van der Waals surface area (Å²) in [7, 11) is 3.22. The summed E-state index contributed by atoms with van der Waals surface area (Å²) in [5.74, 6) is -0.839. The molecule has 1 aromatic heterocycles. The Hall–Kier alpha value is -3.78. The van der Waals surface area contributed by atoms with Crippen LogP contribution in [-0.2, 0) is 19.1 Å². The van der Waals surface area contributed by atoms with Crippen LogP contribution in [0.4, 0.5) is 21.6 Å². The first-order valence-corrected chi connectivity index (χ1v) is 15.4. The van der Waals surface area contributed by atoms with Gasteiger partial charge in [-0.15, -0.1) is 12.4 Å². The molecule has 3 atom stereocenters. The molecule has 1 aliphatic heterocycles. The number of likely N-dealkylation sites (tertiary alicyclic amines) is 1. The number of anilines is 3. The van der Waals surface area contributed by atoms with Gasteiger partial charge >= 0.3 is 0 Å². The number of halogens is 3. The zero-order valence-corrected chi connectivity index (χ0v) is 28.9. The Morgan fingerprint density at radius 3 is 2.55 bits per heavy atom. The lowest BCUT2D eigenvalue weighted by Gasteiger charge is -2.36. The highest BCUT2D eigenvalue weighted by Crippen LogP contribution is 2.35. The van der Waals surface area contributed by atoms with Crippen molar-refractivity contribution in [2.75, 3.05) is 44.5 Å². The van der Waals surface area contributed by atoms with Crippen molar-refractivity contribution in [2.45, 2.75) is 58.7 Å². The fourth-order valence-corrected chi connectivity index (χ4v) is 5.26. The molecule has 256 valence electrons. The smallest absolute Gasteiger partial charge is 0.247 e. The number of carbonyl (C=O) groups excluding carboxylic acids is 3. The zero-order chi connectivity index (χ0) is 33.6. The van der Waals surface area contributed by atoms with Gasteiger partial charge in [-0.2, -0.15) is 0 Å². The first-order valence-electron chi connectivity index (χ1n) is 15.1. The van der Waals surface area contributed by atoms with E-state index in [1.54, 1.807) is 33.2 Å². The average Bonchev–Trinajstić information content (AvgIpc) is 3.51. The number of hydrogen-bond acceptors (Lipinski definition) is 9. The van der Waals surface area contributed by atoms with Crippen molar-refractivity contribution in [3.63, 3.8) is 0 Å². The van der Waals surface area contributed by atoms with Gasteiger partial charge < -0.3 is 35.6 Å². The molecule has 2 aromatic carbocycles. The number of fused-ring (bicyclic) bond motifs is 1. The minimum absolute atomic E-state index is 0. The molecule has 0 saturated carbocycles. The van der Waals surface area contributed by atoms with E-state index in [-0.39, 0.29) is 35.9 Å². The van der Waals surface area contributed by atoms with Gasteiger partial charge in [-0.25, -0.2) is 14.4 Å². The molecule has 1 fully saturated rings. The van der Waals surface area contributed by atoms with Crippen LogP contribution in [0.3, 0.4) is 0 Å². The molecule has 0 bridgehead atoms. The van der Waals surface area contributed by atoms with Crippen LogP contribution in [0.25, 0.3) is 10.9 Å². The van der Waals surface area contributed by atoms with Crippen LogP contribution in [0, 0.1) is 11.2 Å². The molecular formula is C32H42Cl2FN7O5. The number of nitrogens with one attached hydrogen (secondary N) is 4. The maximum atomic E-state index is 13.9. The molecule has 3 aromatic rings. The summed E-state index contributed by atoms with van der Waals surface area (Å²) in [6, 6.07) is 5.45. The van der Waals surface area contributed by atoms with E-state index in [2.05, 4.69) is 31.2 Å². The Labute approximate surface area is 284 Å². The second-order valence-electron chi connectivity index (χ2n) is 12.2. The van der Waals surface area contributed by atoms with Gasteiger partial charge in [-0.1, -0.05) is 32.4 Å². The third kappa shape index (κ3) is 9.19. The summed E-state index contributed by atoms with van der Waals surface area (Å²) in [5, 5.41) is 12.4. The fraction of sp³-hybridized carbons (Fsp3) is 0.469. The maximum absolute atomic E-state index is 13.9. The van der Waals surface area contributed by atoms with E-state index < -0.39 is 35.3 Å². The van der Waals surface area contributed by atoms with Gasteiger partial charge in [0.1, 0.15) is 42.4 Å². The van der Waals surface area contributed by atoms with Crippen molar-refractivity contribution >= 4 is 69.8 Å². The second kappa shape index (κ2) is 16.4. The summed E-state index contributed by atoms with van der Waals surface area (Å²) in [6.07, 6.45) is 2.44. The number of hydrogen-bond donors (Lipinski definition) is 4. The largest absolute Gasteiger partial charge is 0.489 e. The van der Waals surface area contributed by atoms with Crippen molar-refractivity contribution in [3.8, 4) is 5.75 Å². The topological polar surface area (TPSA) is 147 Å². The van der Waals surface area contributed by atoms with Crippen LogP contribution < -0.4 is 26.0 Å². The minimum atomic E-state index is -0.844. The number of likely N-dealkylation sites (N-methyl/N-ethyl adjacent to an activating group) is 1. The van der Waals surface area contributed by atoms with E-state index in [0.29, 0.717) is 59.8 Å². The van der Waals surface area contributed by atoms with Crippen molar-refractivity contribution in [1.82, 2.24) is 25.5 Å². The highest BCUT2D eigenvalue weighted by molar-refractivity contribution is 6.31. The standard InChI is InChI=1S/C32H41ClFN7O5.ClH/c1-18(35-5)29(42)40-27(32(2,3)4)31(44)41-11-7-8-25(41)30(43)39-24-15-20-23(16-26(24)46-13-12-45-6)36-17-37-28(20)38-19-9-10-22(34)21(33)14-19;/h9-10,14-18,25,27,35H,7-8,11-13H2,1-6H3,(H,39,43)(H,40,42)(H,36,37,38);1H/t18-,25-,27+;/m0./s1. The van der Waals surface area contributed by atoms with E-state index in [0.717, 1.165) is 0 Å². The Balaban J connectivity index is 0.00000600. The van der Waals surface area contributed by atoms with Gasteiger partial charge in [0.25, 0.3) is 0 Å². The molecular weight excluding hydrogens is 652 g/mol. The van der Waals surface area contributed by atoms with Gasteiger partial charge in [0.2, 0.25) is 17.7 Å². The molecule has 3 amide bonds. The molecule has 2 heterocycles. The Morgan fingerprint density at radius 1 is 1.15 bits per heavy atom. The minimum Gasteiger partial charge on any atom is -0.489 e. The van der Waals surface area contributed by atoms with Crippen molar-refractivity contribution in [1.29, 1.82) is 0 Å². The van der Waals surface area contributed by atoms with Gasteiger partial charge in [0, 0.05) is 30.8 Å². The third-order valence-corrected chi connectivity index (χ3v) is 8.08. The fourth-order valence-electron chi connectivity index (χ4n) is 5.08. The van der Waals surface area contributed by atoms with Crippen LogP contribution in [-0.4, -0.2) is 84.6 Å². The van der Waals surface area contributed by atoms with E-state index in [1.165, 1.54) is 29.4 Å². The quantitative estimate of drug-likeness (QED) is 0.199. The number of carbonyl (C=O) groups is 3. The Bertz CT molecular complexity index is 1590. The molecule has 1 aliphatic rings. The van der Waals surface area contributed by atoms with Gasteiger partial charge in [-0.05, 0) is 56.5 Å². The Kier molecular flexibility index (Phi) is 13.1. The number of methoxy groups -OCH3 is 1. The maximum Gasteiger partial charge on any atom is 0.247 e. The third-order valence-electron chi connectivity index (χ3n) is 7.79. The highest BCUT2D eigenvalue weighted by Gasteiger charge is 2.42. The summed E-state index contributed by atoms with van der Waals surface area (Å²) in [6.45, 7) is 8.22. The Morgan fingerprint density at radius 2 is 1.89 bits per heavy atom. The highest BCUT2D eigenvalue weighted by atomic mass is 35.5. The molecule has 0 unspecified atom stereocenters. The molecule has 0 spiro atoms. The first kappa shape index (κ1) is 37.7. The monoisotopic (exact) mass is 693 g/mol. The van der Waals surface area contributed by atoms with E-state index in [1.807, 2.05) is 20.8 Å². The molecule has 1 saturated heterocycles. The summed E-state index contributed by atoms with van der Waals surface area (Å²) in [4.78, 5) is 50.8. The molecule has 0 radical (unpaired) electrons. The number of rotatable bonds is 12. The normalized spacial score (nSPS) is 15.8. The van der Waals surface area contributed by atoms with Gasteiger partial charge in [-0.3, -0.25) is 14.4 Å². The SMILES string of the molecule is CN[C@@H](C)C(=O)N[C@H](C(=O)N1CCC[C@H]1C(=O)Nc1cc2c(Nc3ccc(F)c(Cl)c3)ncnc2cc1OCCOC)C(C)(C)C.Cl. The van der Waals surface area contributed by atoms with Crippen LogP contribution in [0.1, 0.15) is 40.5 Å². The average molecular weight is 695 g/mol. The molecule has 4 N–H and O–H groups in total.